The largest absolute Gasteiger partial charge is 0.334 e. The van der Waals surface area contributed by atoms with Crippen LogP contribution in [0.25, 0.3) is 5.69 Å². The van der Waals surface area contributed by atoms with Gasteiger partial charge in [0, 0.05) is 18.3 Å². The Hall–Kier alpha value is -2.47. The summed E-state index contributed by atoms with van der Waals surface area (Å²) < 4.78 is 1.77. The van der Waals surface area contributed by atoms with Crippen LogP contribution in [0.3, 0.4) is 0 Å². The van der Waals surface area contributed by atoms with Gasteiger partial charge in [-0.15, -0.1) is 11.3 Å². The third-order valence-electron chi connectivity index (χ3n) is 4.17. The van der Waals surface area contributed by atoms with Gasteiger partial charge in [-0.2, -0.15) is 5.10 Å². The van der Waals surface area contributed by atoms with Crippen molar-refractivity contribution in [2.24, 2.45) is 0 Å². The lowest BCUT2D eigenvalue weighted by Crippen LogP contribution is -2.28. The molecule has 0 atom stereocenters. The maximum Gasteiger partial charge on any atom is 0.272 e. The predicted molar refractivity (Wildman–Crippen MR) is 93.5 cm³/mol. The summed E-state index contributed by atoms with van der Waals surface area (Å²) in [4.78, 5) is 18.9. The summed E-state index contributed by atoms with van der Waals surface area (Å²) in [6.45, 7) is 0.501. The van der Waals surface area contributed by atoms with Crippen LogP contribution in [0.5, 0.6) is 0 Å². The van der Waals surface area contributed by atoms with Crippen molar-refractivity contribution >= 4 is 17.2 Å². The number of para-hydroxylation sites is 1. The van der Waals surface area contributed by atoms with Crippen molar-refractivity contribution in [3.8, 4) is 5.69 Å². The zero-order valence-electron chi connectivity index (χ0n) is 13.4. The van der Waals surface area contributed by atoms with Gasteiger partial charge in [-0.1, -0.05) is 18.2 Å². The van der Waals surface area contributed by atoms with E-state index in [0.29, 0.717) is 18.2 Å². The highest BCUT2D eigenvalue weighted by molar-refractivity contribution is 7.07. The lowest BCUT2D eigenvalue weighted by molar-refractivity contribution is 0.0774. The first-order chi connectivity index (χ1) is 11.7. The zero-order chi connectivity index (χ0) is 16.5. The van der Waals surface area contributed by atoms with Crippen LogP contribution in [-0.4, -0.2) is 32.6 Å². The van der Waals surface area contributed by atoms with Gasteiger partial charge in [-0.05, 0) is 31.0 Å². The fourth-order valence-corrected chi connectivity index (χ4v) is 3.27. The summed E-state index contributed by atoms with van der Waals surface area (Å²) in [6, 6.07) is 11.8. The molecule has 2 heterocycles. The van der Waals surface area contributed by atoms with E-state index < -0.39 is 0 Å². The molecule has 1 aliphatic carbocycles. The van der Waals surface area contributed by atoms with Crippen LogP contribution in [0.2, 0.25) is 0 Å². The van der Waals surface area contributed by atoms with Crippen LogP contribution in [0.1, 0.15) is 40.6 Å². The normalized spacial score (nSPS) is 13.9. The minimum absolute atomic E-state index is 0.0359. The fourth-order valence-electron chi connectivity index (χ4n) is 2.72. The second-order valence-corrected chi connectivity index (χ2v) is 6.84. The molecule has 3 aromatic rings. The predicted octanol–water partition coefficient (Wildman–Crippen LogP) is 3.48. The van der Waals surface area contributed by atoms with Crippen LogP contribution in [0.4, 0.5) is 0 Å². The van der Waals surface area contributed by atoms with Gasteiger partial charge in [0.05, 0.1) is 29.1 Å². The number of amides is 1. The van der Waals surface area contributed by atoms with Crippen molar-refractivity contribution in [1.29, 1.82) is 0 Å². The quantitative estimate of drug-likeness (QED) is 0.716. The molecule has 0 saturated heterocycles. The maximum atomic E-state index is 13.0. The average molecular weight is 338 g/mol. The average Bonchev–Trinajstić information content (AvgIpc) is 3.16. The third-order valence-corrected chi connectivity index (χ3v) is 4.81. The first-order valence-electron chi connectivity index (χ1n) is 8.00. The highest BCUT2D eigenvalue weighted by Crippen LogP contribution is 2.39. The van der Waals surface area contributed by atoms with Crippen molar-refractivity contribution in [3.05, 3.63) is 64.4 Å². The van der Waals surface area contributed by atoms with Crippen molar-refractivity contribution in [2.75, 3.05) is 7.05 Å². The summed E-state index contributed by atoms with van der Waals surface area (Å²) in [5.74, 6) is 0.469. The van der Waals surface area contributed by atoms with E-state index >= 15 is 0 Å². The van der Waals surface area contributed by atoms with Gasteiger partial charge in [0.1, 0.15) is 5.69 Å². The number of aromatic nitrogens is 3. The summed E-state index contributed by atoms with van der Waals surface area (Å²) in [6.07, 6.45) is 2.32. The lowest BCUT2D eigenvalue weighted by Gasteiger charge is -2.16. The molecule has 1 amide bonds. The number of carbonyl (C=O) groups excluding carboxylic acids is 1. The van der Waals surface area contributed by atoms with Crippen molar-refractivity contribution < 1.29 is 4.79 Å². The summed E-state index contributed by atoms with van der Waals surface area (Å²) in [5, 5.41) is 6.66. The molecule has 1 aromatic carbocycles. The molecule has 0 radical (unpaired) electrons. The molecular formula is C18H18N4OS. The third kappa shape index (κ3) is 2.97. The zero-order valence-corrected chi connectivity index (χ0v) is 14.2. The standard InChI is InChI=1S/C18H18N4OS/c1-21(10-14-11-24-12-19-14)18(23)17-9-16(13-7-8-13)20-22(17)15-5-3-2-4-6-15/h2-6,9,11-13H,7-8,10H2,1H3. The number of carbonyl (C=O) groups is 1. The topological polar surface area (TPSA) is 51.0 Å². The Morgan fingerprint density at radius 3 is 2.79 bits per heavy atom. The highest BCUT2D eigenvalue weighted by Gasteiger charge is 2.29. The van der Waals surface area contributed by atoms with E-state index in [9.17, 15) is 4.79 Å². The maximum absolute atomic E-state index is 13.0. The van der Waals surface area contributed by atoms with E-state index in [1.165, 1.54) is 11.3 Å². The van der Waals surface area contributed by atoms with Gasteiger partial charge in [-0.25, -0.2) is 9.67 Å². The molecule has 6 heteroatoms. The first-order valence-corrected chi connectivity index (χ1v) is 8.94. The Bertz CT molecular complexity index is 837. The van der Waals surface area contributed by atoms with Crippen molar-refractivity contribution in [2.45, 2.75) is 25.3 Å². The molecular weight excluding hydrogens is 320 g/mol. The molecule has 0 spiro atoms. The summed E-state index contributed by atoms with van der Waals surface area (Å²) >= 11 is 1.54. The Morgan fingerprint density at radius 1 is 1.33 bits per heavy atom. The second-order valence-electron chi connectivity index (χ2n) is 6.12. The minimum atomic E-state index is -0.0359. The van der Waals surface area contributed by atoms with Crippen LogP contribution < -0.4 is 0 Å². The molecule has 1 aliphatic rings. The Balaban J connectivity index is 1.66. The van der Waals surface area contributed by atoms with E-state index in [2.05, 4.69) is 4.98 Å². The van der Waals surface area contributed by atoms with E-state index in [1.807, 2.05) is 41.8 Å². The smallest absolute Gasteiger partial charge is 0.272 e. The Labute approximate surface area is 144 Å². The number of nitrogens with zero attached hydrogens (tertiary/aromatic N) is 4. The summed E-state index contributed by atoms with van der Waals surface area (Å²) in [7, 11) is 1.81. The van der Waals surface area contributed by atoms with Crippen molar-refractivity contribution in [1.82, 2.24) is 19.7 Å². The van der Waals surface area contributed by atoms with Gasteiger partial charge < -0.3 is 4.90 Å². The van der Waals surface area contributed by atoms with E-state index in [0.717, 1.165) is 29.9 Å². The number of benzene rings is 1. The molecule has 2 aromatic heterocycles. The Kier molecular flexibility index (Phi) is 3.90. The van der Waals surface area contributed by atoms with Gasteiger partial charge >= 0.3 is 0 Å². The number of thiazole rings is 1. The van der Waals surface area contributed by atoms with Crippen LogP contribution in [0, 0.1) is 0 Å². The Morgan fingerprint density at radius 2 is 2.12 bits per heavy atom. The lowest BCUT2D eigenvalue weighted by atomic mass is 10.2. The molecule has 0 N–H and O–H groups in total. The van der Waals surface area contributed by atoms with Crippen LogP contribution in [-0.2, 0) is 6.54 Å². The first kappa shape index (κ1) is 15.1. The molecule has 1 saturated carbocycles. The molecule has 0 bridgehead atoms. The van der Waals surface area contributed by atoms with Crippen LogP contribution in [0.15, 0.2) is 47.3 Å². The molecule has 0 aliphatic heterocycles. The van der Waals surface area contributed by atoms with E-state index in [1.54, 1.807) is 22.1 Å². The summed E-state index contributed by atoms with van der Waals surface area (Å²) in [5.41, 5.74) is 5.23. The highest BCUT2D eigenvalue weighted by atomic mass is 32.1. The second kappa shape index (κ2) is 6.20. The number of hydrogen-bond acceptors (Lipinski definition) is 4. The fraction of sp³-hybridized carbons (Fsp3) is 0.278. The van der Waals surface area contributed by atoms with Gasteiger partial charge in [-0.3, -0.25) is 4.79 Å². The molecule has 0 unspecified atom stereocenters. The molecule has 122 valence electrons. The number of rotatable bonds is 5. The van der Waals surface area contributed by atoms with Gasteiger partial charge in [0.25, 0.3) is 5.91 Å². The van der Waals surface area contributed by atoms with Gasteiger partial charge in [0.2, 0.25) is 0 Å². The van der Waals surface area contributed by atoms with Crippen LogP contribution >= 0.6 is 11.3 Å². The van der Waals surface area contributed by atoms with E-state index in [-0.39, 0.29) is 5.91 Å². The molecule has 1 fully saturated rings. The number of hydrogen-bond donors (Lipinski definition) is 0. The molecule has 24 heavy (non-hydrogen) atoms. The van der Waals surface area contributed by atoms with E-state index in [4.69, 9.17) is 5.10 Å². The van der Waals surface area contributed by atoms with Crippen molar-refractivity contribution in [3.63, 3.8) is 0 Å². The minimum Gasteiger partial charge on any atom is -0.334 e. The molecule has 5 nitrogen and oxygen atoms in total. The monoisotopic (exact) mass is 338 g/mol. The molecule has 4 rings (SSSR count). The SMILES string of the molecule is CN(Cc1cscn1)C(=O)c1cc(C2CC2)nn1-c1ccccc1. The van der Waals surface area contributed by atoms with Gasteiger partial charge in [0.15, 0.2) is 0 Å².